The zero-order valence-corrected chi connectivity index (χ0v) is 14.0. The highest BCUT2D eigenvalue weighted by Gasteiger charge is 2.27. The molecule has 0 unspecified atom stereocenters. The maximum absolute atomic E-state index is 12.2. The Morgan fingerprint density at radius 3 is 2.70 bits per heavy atom. The number of carbonyl (C=O) groups excluding carboxylic acids is 2. The van der Waals surface area contributed by atoms with Crippen molar-refractivity contribution in [1.82, 2.24) is 9.88 Å². The number of carbonyl (C=O) groups is 2. The van der Waals surface area contributed by atoms with Gasteiger partial charge in [0.2, 0.25) is 0 Å². The number of ether oxygens (including phenoxy) is 2. The minimum atomic E-state index is -0.549. The molecule has 0 bridgehead atoms. The topological polar surface area (TPSA) is 94.7 Å². The van der Waals surface area contributed by atoms with Crippen molar-refractivity contribution in [2.45, 2.75) is 46.3 Å². The molecule has 2 heterocycles. The number of hydrogen-bond donors (Lipinski definition) is 1. The Hall–Kier alpha value is -2.31. The quantitative estimate of drug-likeness (QED) is 0.839. The van der Waals surface area contributed by atoms with Gasteiger partial charge in [0, 0.05) is 18.7 Å². The molecule has 0 aromatic carbocycles. The van der Waals surface area contributed by atoms with Crippen LogP contribution in [0.5, 0.6) is 0 Å². The molecule has 7 heteroatoms. The Kier molecular flexibility index (Phi) is 4.77. The van der Waals surface area contributed by atoms with Crippen molar-refractivity contribution in [2.24, 2.45) is 0 Å². The zero-order chi connectivity index (χ0) is 17.2. The van der Waals surface area contributed by atoms with E-state index in [9.17, 15) is 9.59 Å². The summed E-state index contributed by atoms with van der Waals surface area (Å²) < 4.78 is 10.4. The largest absolute Gasteiger partial charge is 0.462 e. The van der Waals surface area contributed by atoms with Crippen LogP contribution in [0.15, 0.2) is 6.07 Å². The predicted molar refractivity (Wildman–Crippen MR) is 85.0 cm³/mol. The summed E-state index contributed by atoms with van der Waals surface area (Å²) in [4.78, 5) is 30.0. The summed E-state index contributed by atoms with van der Waals surface area (Å²) in [6.45, 7) is 8.30. The van der Waals surface area contributed by atoms with Crippen LogP contribution in [0.4, 0.5) is 10.6 Å². The summed E-state index contributed by atoms with van der Waals surface area (Å²) in [7, 11) is 0. The summed E-state index contributed by atoms with van der Waals surface area (Å²) in [5, 5.41) is 0. The van der Waals surface area contributed by atoms with Crippen LogP contribution >= 0.6 is 0 Å². The number of nitrogens with zero attached hydrogens (tertiary/aromatic N) is 2. The van der Waals surface area contributed by atoms with Crippen LogP contribution in [0.25, 0.3) is 0 Å². The van der Waals surface area contributed by atoms with E-state index in [0.29, 0.717) is 19.5 Å². The van der Waals surface area contributed by atoms with E-state index in [1.807, 2.05) is 20.8 Å². The Morgan fingerprint density at radius 1 is 1.39 bits per heavy atom. The Labute approximate surface area is 135 Å². The van der Waals surface area contributed by atoms with Crippen LogP contribution < -0.4 is 5.73 Å². The number of rotatable bonds is 2. The smallest absolute Gasteiger partial charge is 0.410 e. The normalized spacial score (nSPS) is 14.2. The lowest BCUT2D eigenvalue weighted by atomic mass is 10.0. The van der Waals surface area contributed by atoms with Gasteiger partial charge < -0.3 is 20.1 Å². The fourth-order valence-corrected chi connectivity index (χ4v) is 2.34. The molecule has 1 amide bonds. The molecule has 0 atom stereocenters. The van der Waals surface area contributed by atoms with Crippen molar-refractivity contribution in [3.8, 4) is 0 Å². The van der Waals surface area contributed by atoms with Gasteiger partial charge in [-0.3, -0.25) is 0 Å². The van der Waals surface area contributed by atoms with Gasteiger partial charge in [0.1, 0.15) is 17.0 Å². The highest BCUT2D eigenvalue weighted by atomic mass is 16.6. The number of pyridine rings is 1. The number of anilines is 1. The van der Waals surface area contributed by atoms with Crippen LogP contribution in [-0.4, -0.2) is 40.7 Å². The van der Waals surface area contributed by atoms with Crippen LogP contribution in [-0.2, 0) is 22.4 Å². The monoisotopic (exact) mass is 321 g/mol. The van der Waals surface area contributed by atoms with Crippen LogP contribution in [0.3, 0.4) is 0 Å². The van der Waals surface area contributed by atoms with Crippen molar-refractivity contribution in [1.29, 1.82) is 0 Å². The molecule has 1 aromatic heterocycles. The number of amides is 1. The number of nitrogens with two attached hydrogens (primary N) is 1. The van der Waals surface area contributed by atoms with Crippen molar-refractivity contribution in [2.75, 3.05) is 18.9 Å². The molecule has 7 nitrogen and oxygen atoms in total. The average molecular weight is 321 g/mol. The highest BCUT2D eigenvalue weighted by molar-refractivity contribution is 5.94. The summed E-state index contributed by atoms with van der Waals surface area (Å²) in [6, 6.07) is 1.66. The van der Waals surface area contributed by atoms with E-state index in [0.717, 1.165) is 11.3 Å². The highest BCUT2D eigenvalue weighted by Crippen LogP contribution is 2.23. The summed E-state index contributed by atoms with van der Waals surface area (Å²) >= 11 is 0. The third-order valence-electron chi connectivity index (χ3n) is 3.35. The second-order valence-electron chi connectivity index (χ2n) is 6.40. The minimum Gasteiger partial charge on any atom is -0.462 e. The van der Waals surface area contributed by atoms with Gasteiger partial charge in [0.25, 0.3) is 0 Å². The lowest BCUT2D eigenvalue weighted by Gasteiger charge is -2.31. The second kappa shape index (κ2) is 6.44. The van der Waals surface area contributed by atoms with Gasteiger partial charge in [-0.15, -0.1) is 0 Å². The molecule has 0 saturated heterocycles. The second-order valence-corrected chi connectivity index (χ2v) is 6.40. The van der Waals surface area contributed by atoms with Crippen molar-refractivity contribution in [3.05, 3.63) is 22.9 Å². The lowest BCUT2D eigenvalue weighted by Crippen LogP contribution is -2.40. The average Bonchev–Trinajstić information content (AvgIpc) is 2.44. The van der Waals surface area contributed by atoms with Gasteiger partial charge >= 0.3 is 12.1 Å². The molecule has 0 fully saturated rings. The first-order chi connectivity index (χ1) is 10.7. The lowest BCUT2D eigenvalue weighted by molar-refractivity contribution is 0.0223. The summed E-state index contributed by atoms with van der Waals surface area (Å²) in [6.07, 6.45) is 0.194. The molecule has 2 rings (SSSR count). The van der Waals surface area contributed by atoms with E-state index < -0.39 is 11.6 Å². The van der Waals surface area contributed by atoms with Gasteiger partial charge in [-0.25, -0.2) is 14.6 Å². The molecule has 1 aliphatic rings. The first kappa shape index (κ1) is 17.1. The molecule has 126 valence electrons. The first-order valence-electron chi connectivity index (χ1n) is 7.64. The zero-order valence-electron chi connectivity index (χ0n) is 14.0. The van der Waals surface area contributed by atoms with Crippen LogP contribution in [0, 0.1) is 0 Å². The van der Waals surface area contributed by atoms with E-state index >= 15 is 0 Å². The maximum Gasteiger partial charge on any atom is 0.410 e. The van der Waals surface area contributed by atoms with Gasteiger partial charge in [-0.2, -0.15) is 0 Å². The maximum atomic E-state index is 12.2. The van der Waals surface area contributed by atoms with Crippen molar-refractivity contribution >= 4 is 17.9 Å². The van der Waals surface area contributed by atoms with Gasteiger partial charge in [-0.1, -0.05) is 0 Å². The number of hydrogen-bond acceptors (Lipinski definition) is 6. The molecule has 23 heavy (non-hydrogen) atoms. The number of fused-ring (bicyclic) bond motifs is 1. The third-order valence-corrected chi connectivity index (χ3v) is 3.35. The Morgan fingerprint density at radius 2 is 2.09 bits per heavy atom. The van der Waals surface area contributed by atoms with E-state index in [1.54, 1.807) is 17.9 Å². The first-order valence-corrected chi connectivity index (χ1v) is 7.64. The summed E-state index contributed by atoms with van der Waals surface area (Å²) in [5.41, 5.74) is 7.11. The van der Waals surface area contributed by atoms with E-state index in [2.05, 4.69) is 4.98 Å². The van der Waals surface area contributed by atoms with Crippen molar-refractivity contribution in [3.63, 3.8) is 0 Å². The fourth-order valence-electron chi connectivity index (χ4n) is 2.34. The Bertz CT molecular complexity index is 622. The number of nitrogen functional groups attached to an aromatic ring is 1. The molecule has 2 N–H and O–H groups in total. The molecular weight excluding hydrogens is 298 g/mol. The van der Waals surface area contributed by atoms with Gasteiger partial charge in [0.05, 0.1) is 13.2 Å². The fraction of sp³-hybridized carbons (Fsp3) is 0.562. The SMILES string of the molecule is CCOC(=O)c1cc2c(nc1N)CCN(C(=O)OC(C)(C)C)C2. The third kappa shape index (κ3) is 4.12. The molecule has 0 saturated carbocycles. The van der Waals surface area contributed by atoms with E-state index in [-0.39, 0.29) is 24.1 Å². The van der Waals surface area contributed by atoms with Crippen LogP contribution in [0.1, 0.15) is 49.3 Å². The summed E-state index contributed by atoms with van der Waals surface area (Å²) in [5.74, 6) is -0.345. The number of aromatic nitrogens is 1. The molecule has 1 aliphatic heterocycles. The molecule has 0 radical (unpaired) electrons. The molecular formula is C16H23N3O4. The predicted octanol–water partition coefficient (Wildman–Crippen LogP) is 2.13. The minimum absolute atomic E-state index is 0.160. The van der Waals surface area contributed by atoms with Crippen molar-refractivity contribution < 1.29 is 19.1 Å². The van der Waals surface area contributed by atoms with E-state index in [4.69, 9.17) is 15.2 Å². The van der Waals surface area contributed by atoms with Gasteiger partial charge in [-0.05, 0) is 39.3 Å². The standard InChI is InChI=1S/C16H23N3O4/c1-5-22-14(20)11-8-10-9-19(15(21)23-16(2,3)4)7-6-12(10)18-13(11)17/h8H,5-7,9H2,1-4H3,(H2,17,18). The molecule has 0 spiro atoms. The molecule has 0 aliphatic carbocycles. The number of esters is 1. The molecule has 1 aromatic rings. The Balaban J connectivity index is 2.21. The van der Waals surface area contributed by atoms with Crippen LogP contribution in [0.2, 0.25) is 0 Å². The van der Waals surface area contributed by atoms with E-state index in [1.165, 1.54) is 0 Å². The van der Waals surface area contributed by atoms with Gasteiger partial charge in [0.15, 0.2) is 0 Å².